The molecule has 180 valence electrons. The van der Waals surface area contributed by atoms with Gasteiger partial charge in [0.2, 0.25) is 0 Å². The minimum absolute atomic E-state index is 0.237. The third-order valence-corrected chi connectivity index (χ3v) is 6.05. The number of thiocarbonyl (C=S) groups is 1. The zero-order chi connectivity index (χ0) is 25.0. The molecule has 0 aliphatic carbocycles. The van der Waals surface area contributed by atoms with Crippen LogP contribution < -0.4 is 16.0 Å². The molecule has 0 aromatic heterocycles. The zero-order valence-electron chi connectivity index (χ0n) is 20.4. The second-order valence-corrected chi connectivity index (χ2v) is 9.26. The lowest BCUT2D eigenvalue weighted by Gasteiger charge is -2.35. The third kappa shape index (κ3) is 5.94. The molecule has 2 aromatic carbocycles. The van der Waals surface area contributed by atoms with Gasteiger partial charge < -0.3 is 25.6 Å². The minimum Gasteiger partial charge on any atom is -0.459 e. The molecule has 2 aromatic rings. The first-order valence-electron chi connectivity index (χ1n) is 11.3. The lowest BCUT2D eigenvalue weighted by molar-refractivity contribution is -0.143. The molecule has 1 unspecified atom stereocenters. The molecule has 0 saturated heterocycles. The van der Waals surface area contributed by atoms with Gasteiger partial charge in [0.25, 0.3) is 0 Å². The number of hydrogen-bond acceptors (Lipinski definition) is 4. The van der Waals surface area contributed by atoms with Crippen LogP contribution >= 0.6 is 12.2 Å². The van der Waals surface area contributed by atoms with Gasteiger partial charge in [-0.3, -0.25) is 0 Å². The van der Waals surface area contributed by atoms with E-state index < -0.39 is 6.04 Å². The number of allylic oxidation sites excluding steroid dienone is 1. The number of hydrogen-bond donors (Lipinski definition) is 3. The Morgan fingerprint density at radius 2 is 1.50 bits per heavy atom. The van der Waals surface area contributed by atoms with Gasteiger partial charge in [-0.05, 0) is 74.3 Å². The number of urea groups is 1. The maximum atomic E-state index is 12.8. The van der Waals surface area contributed by atoms with Crippen LogP contribution in [0.2, 0.25) is 0 Å². The highest BCUT2D eigenvalue weighted by atomic mass is 32.1. The minimum atomic E-state index is -0.447. The number of ether oxygens (including phenoxy) is 1. The van der Waals surface area contributed by atoms with Crippen molar-refractivity contribution in [3.05, 3.63) is 70.9 Å². The molecule has 3 N–H and O–H groups in total. The Labute approximate surface area is 206 Å². The highest BCUT2D eigenvalue weighted by molar-refractivity contribution is 7.80. The molecule has 34 heavy (non-hydrogen) atoms. The summed E-state index contributed by atoms with van der Waals surface area (Å²) in [7, 11) is 1.81. The maximum Gasteiger partial charge on any atom is 0.338 e. The lowest BCUT2D eigenvalue weighted by atomic mass is 9.95. The van der Waals surface area contributed by atoms with Gasteiger partial charge in [0.1, 0.15) is 0 Å². The van der Waals surface area contributed by atoms with Crippen LogP contribution in [0.1, 0.15) is 57.7 Å². The molecule has 0 radical (unpaired) electrons. The maximum absolute atomic E-state index is 12.8. The van der Waals surface area contributed by atoms with E-state index in [1.54, 1.807) is 17.0 Å². The summed E-state index contributed by atoms with van der Waals surface area (Å²) in [5.41, 5.74) is 4.64. The Balaban J connectivity index is 1.73. The monoisotopic (exact) mass is 480 g/mol. The number of esters is 1. The Morgan fingerprint density at radius 1 is 0.971 bits per heavy atom. The van der Waals surface area contributed by atoms with Crippen LogP contribution in [-0.4, -0.2) is 35.2 Å². The molecular formula is C26H32N4O3S. The molecule has 0 saturated carbocycles. The number of anilines is 2. The van der Waals surface area contributed by atoms with Crippen molar-refractivity contribution in [2.75, 3.05) is 17.7 Å². The van der Waals surface area contributed by atoms with Crippen molar-refractivity contribution in [3.8, 4) is 0 Å². The topological polar surface area (TPSA) is 82.7 Å². The van der Waals surface area contributed by atoms with Gasteiger partial charge in [-0.15, -0.1) is 0 Å². The van der Waals surface area contributed by atoms with Crippen molar-refractivity contribution in [1.82, 2.24) is 10.2 Å². The summed E-state index contributed by atoms with van der Waals surface area (Å²) in [6.07, 6.45) is -0.237. The molecule has 8 heteroatoms. The molecule has 3 rings (SSSR count). The van der Waals surface area contributed by atoms with E-state index in [9.17, 15) is 9.59 Å². The van der Waals surface area contributed by atoms with Crippen molar-refractivity contribution < 1.29 is 14.3 Å². The normalized spacial score (nSPS) is 15.9. The van der Waals surface area contributed by atoms with Crippen molar-refractivity contribution in [2.45, 2.75) is 52.7 Å². The van der Waals surface area contributed by atoms with E-state index in [4.69, 9.17) is 17.0 Å². The molecule has 1 atom stereocenters. The number of carbonyl (C=O) groups excluding carboxylic acids is 2. The quantitative estimate of drug-likeness (QED) is 0.372. The standard InChI is InChI=1S/C26H32N4O3S/c1-15(2)18-7-11-20(12-8-18)27-25(32)28-21-13-9-19(10-14-21)23-22(24(31)33-16(3)4)17(5)30(6)26(34)29-23/h7-16,23H,1-6H3,(H,29,34)(H2,27,28,32). The van der Waals surface area contributed by atoms with Crippen LogP contribution in [0.15, 0.2) is 59.8 Å². The highest BCUT2D eigenvalue weighted by Crippen LogP contribution is 2.31. The molecule has 1 aliphatic rings. The van der Waals surface area contributed by atoms with Crippen molar-refractivity contribution in [3.63, 3.8) is 0 Å². The van der Waals surface area contributed by atoms with Crippen LogP contribution in [0.4, 0.5) is 16.2 Å². The molecule has 0 fully saturated rings. The van der Waals surface area contributed by atoms with Gasteiger partial charge in [-0.25, -0.2) is 9.59 Å². The fraction of sp³-hybridized carbons (Fsp3) is 0.346. The predicted molar refractivity (Wildman–Crippen MR) is 140 cm³/mol. The summed E-state index contributed by atoms with van der Waals surface area (Å²) in [6, 6.07) is 14.3. The Hall–Kier alpha value is -3.39. The van der Waals surface area contributed by atoms with Gasteiger partial charge in [0.15, 0.2) is 5.11 Å². The number of rotatable bonds is 6. The number of carbonyl (C=O) groups is 2. The summed E-state index contributed by atoms with van der Waals surface area (Å²) in [5, 5.41) is 9.42. The fourth-order valence-corrected chi connectivity index (χ4v) is 3.89. The van der Waals surface area contributed by atoms with Gasteiger partial charge in [0, 0.05) is 24.1 Å². The first-order chi connectivity index (χ1) is 16.1. The van der Waals surface area contributed by atoms with Gasteiger partial charge in [-0.2, -0.15) is 0 Å². The van der Waals surface area contributed by atoms with Crippen LogP contribution in [0.25, 0.3) is 0 Å². The van der Waals surface area contributed by atoms with E-state index in [1.807, 2.05) is 64.2 Å². The fourth-order valence-electron chi connectivity index (χ4n) is 3.63. The Kier molecular flexibility index (Phi) is 7.94. The molecule has 2 amide bonds. The van der Waals surface area contributed by atoms with Crippen molar-refractivity contribution in [1.29, 1.82) is 0 Å². The average molecular weight is 481 g/mol. The summed E-state index contributed by atoms with van der Waals surface area (Å²) in [5.74, 6) is 0.0468. The van der Waals surface area contributed by atoms with E-state index in [0.717, 1.165) is 16.9 Å². The van der Waals surface area contributed by atoms with Crippen LogP contribution in [0.3, 0.4) is 0 Å². The molecular weight excluding hydrogens is 448 g/mol. The van der Waals surface area contributed by atoms with Crippen LogP contribution in [0, 0.1) is 0 Å². The molecule has 1 aliphatic heterocycles. The number of benzene rings is 2. The molecule has 0 spiro atoms. The first-order valence-corrected chi connectivity index (χ1v) is 11.7. The van der Waals surface area contributed by atoms with Crippen molar-refractivity contribution >= 4 is 40.7 Å². The van der Waals surface area contributed by atoms with E-state index in [-0.39, 0.29) is 18.1 Å². The summed E-state index contributed by atoms with van der Waals surface area (Å²) >= 11 is 5.44. The Morgan fingerprint density at radius 3 is 2.00 bits per heavy atom. The SMILES string of the molecule is CC1=C(C(=O)OC(C)C)C(c2ccc(NC(=O)Nc3ccc(C(C)C)cc3)cc2)NC(=S)N1C. The predicted octanol–water partition coefficient (Wildman–Crippen LogP) is 5.54. The first kappa shape index (κ1) is 25.2. The second kappa shape index (κ2) is 10.7. The van der Waals surface area contributed by atoms with Gasteiger partial charge >= 0.3 is 12.0 Å². The van der Waals surface area contributed by atoms with Crippen molar-refractivity contribution in [2.24, 2.45) is 0 Å². The second-order valence-electron chi connectivity index (χ2n) is 8.87. The van der Waals surface area contributed by atoms with E-state index >= 15 is 0 Å². The number of nitrogens with zero attached hydrogens (tertiary/aromatic N) is 1. The number of nitrogens with one attached hydrogen (secondary N) is 3. The number of amides is 2. The smallest absolute Gasteiger partial charge is 0.338 e. The highest BCUT2D eigenvalue weighted by Gasteiger charge is 2.33. The summed E-state index contributed by atoms with van der Waals surface area (Å²) < 4.78 is 5.48. The van der Waals surface area contributed by atoms with E-state index in [0.29, 0.717) is 22.3 Å². The Bertz CT molecular complexity index is 1090. The zero-order valence-corrected chi connectivity index (χ0v) is 21.2. The van der Waals surface area contributed by atoms with E-state index in [1.165, 1.54) is 5.56 Å². The van der Waals surface area contributed by atoms with Crippen LogP contribution in [0.5, 0.6) is 0 Å². The molecule has 0 bridgehead atoms. The summed E-state index contributed by atoms with van der Waals surface area (Å²) in [6.45, 7) is 9.74. The lowest BCUT2D eigenvalue weighted by Crippen LogP contribution is -2.46. The molecule has 1 heterocycles. The van der Waals surface area contributed by atoms with E-state index in [2.05, 4.69) is 29.8 Å². The average Bonchev–Trinajstić information content (AvgIpc) is 2.77. The third-order valence-electron chi connectivity index (χ3n) is 5.65. The molecule has 7 nitrogen and oxygen atoms in total. The summed E-state index contributed by atoms with van der Waals surface area (Å²) in [4.78, 5) is 27.0. The van der Waals surface area contributed by atoms with Gasteiger partial charge in [0.05, 0.1) is 17.7 Å². The largest absolute Gasteiger partial charge is 0.459 e. The van der Waals surface area contributed by atoms with Gasteiger partial charge in [-0.1, -0.05) is 38.1 Å². The van der Waals surface area contributed by atoms with Crippen LogP contribution in [-0.2, 0) is 9.53 Å².